The lowest BCUT2D eigenvalue weighted by Gasteiger charge is -2.61. The molecule has 1 nitrogen and oxygen atoms in total. The van der Waals surface area contributed by atoms with Gasteiger partial charge < -0.3 is 4.90 Å². The van der Waals surface area contributed by atoms with E-state index in [1.807, 2.05) is 0 Å². The monoisotopic (exact) mass is 975 g/mol. The summed E-state index contributed by atoms with van der Waals surface area (Å²) in [4.78, 5) is 2.54. The topological polar surface area (TPSA) is 3.24 Å². The zero-order chi connectivity index (χ0) is 50.5. The van der Waals surface area contributed by atoms with Gasteiger partial charge in [0.1, 0.15) is 0 Å². The summed E-state index contributed by atoms with van der Waals surface area (Å²) in [6.07, 6.45) is 6.93. The molecule has 1 unspecified atom stereocenters. The van der Waals surface area contributed by atoms with Crippen LogP contribution in [0.2, 0.25) is 0 Å². The molecule has 4 bridgehead atoms. The van der Waals surface area contributed by atoms with Crippen molar-refractivity contribution in [2.24, 2.45) is 23.7 Å². The highest BCUT2D eigenvalue weighted by molar-refractivity contribution is 5.94. The molecule has 0 N–H and O–H groups in total. The van der Waals surface area contributed by atoms with E-state index in [9.17, 15) is 0 Å². The van der Waals surface area contributed by atoms with Gasteiger partial charge in [0.2, 0.25) is 0 Å². The van der Waals surface area contributed by atoms with Crippen molar-refractivity contribution in [3.05, 3.63) is 269 Å². The SMILES string of the molecule is CC1(C)c2ccccc2-c2cccc(-c3ccccc3-c3ccc(N(c4ccc(-c5ccc6c(c5)C(C)(c5ccccc5)c5ccccc5-6)cc4)c4ccc5c(c4)C4(c6ccccc6-5)C5CC6CC(C5)CC4C6)cc3)c21. The van der Waals surface area contributed by atoms with Gasteiger partial charge >= 0.3 is 0 Å². The Morgan fingerprint density at radius 2 is 0.776 bits per heavy atom. The molecule has 0 saturated heterocycles. The normalized spacial score (nSPS) is 23.1. The first kappa shape index (κ1) is 44.3. The van der Waals surface area contributed by atoms with Gasteiger partial charge in [-0.2, -0.15) is 0 Å². The second kappa shape index (κ2) is 16.3. The van der Waals surface area contributed by atoms with Crippen molar-refractivity contribution >= 4 is 17.1 Å². The second-order valence-corrected chi connectivity index (χ2v) is 24.1. The van der Waals surface area contributed by atoms with Gasteiger partial charge in [0.05, 0.1) is 0 Å². The second-order valence-electron chi connectivity index (χ2n) is 24.1. The highest BCUT2D eigenvalue weighted by atomic mass is 15.1. The van der Waals surface area contributed by atoms with Crippen LogP contribution in [0, 0.1) is 23.7 Å². The summed E-state index contributed by atoms with van der Waals surface area (Å²) in [6.45, 7) is 7.21. The summed E-state index contributed by atoms with van der Waals surface area (Å²) in [5.74, 6) is 3.18. The number of benzene rings is 10. The van der Waals surface area contributed by atoms with E-state index in [-0.39, 0.29) is 16.2 Å². The van der Waals surface area contributed by atoms with Gasteiger partial charge in [-0.1, -0.05) is 202 Å². The van der Waals surface area contributed by atoms with Crippen LogP contribution in [-0.2, 0) is 16.2 Å². The highest BCUT2D eigenvalue weighted by Gasteiger charge is 2.61. The van der Waals surface area contributed by atoms with Crippen LogP contribution < -0.4 is 4.90 Å². The first-order chi connectivity index (χ1) is 37.3. The molecule has 1 spiro atoms. The molecule has 10 aromatic rings. The smallest absolute Gasteiger partial charge is 0.0465 e. The van der Waals surface area contributed by atoms with E-state index in [2.05, 4.69) is 256 Å². The maximum Gasteiger partial charge on any atom is 0.0465 e. The van der Waals surface area contributed by atoms with Crippen LogP contribution in [0.4, 0.5) is 17.1 Å². The van der Waals surface area contributed by atoms with E-state index in [4.69, 9.17) is 0 Å². The summed E-state index contributed by atoms with van der Waals surface area (Å²) in [7, 11) is 0. The van der Waals surface area contributed by atoms with E-state index in [0.717, 1.165) is 23.2 Å². The minimum Gasteiger partial charge on any atom is -0.310 e. The number of hydrogen-bond acceptors (Lipinski definition) is 1. The van der Waals surface area contributed by atoms with Gasteiger partial charge in [-0.25, -0.2) is 0 Å². The van der Waals surface area contributed by atoms with Crippen LogP contribution in [0.15, 0.2) is 231 Å². The maximum absolute atomic E-state index is 2.65. The fourth-order valence-corrected chi connectivity index (χ4v) is 17.1. The predicted molar refractivity (Wildman–Crippen MR) is 316 cm³/mol. The largest absolute Gasteiger partial charge is 0.310 e. The maximum atomic E-state index is 2.65. The van der Waals surface area contributed by atoms with Crippen LogP contribution in [-0.4, -0.2) is 0 Å². The summed E-state index contributed by atoms with van der Waals surface area (Å²) < 4.78 is 0. The first-order valence-corrected chi connectivity index (χ1v) is 28.2. The van der Waals surface area contributed by atoms with Gasteiger partial charge in [-0.05, 0) is 211 Å². The molecule has 17 rings (SSSR count). The third-order valence-corrected chi connectivity index (χ3v) is 20.2. The van der Waals surface area contributed by atoms with Gasteiger partial charge in [0, 0.05) is 33.3 Å². The molecule has 0 aromatic heterocycles. The Morgan fingerprint density at radius 3 is 1.45 bits per heavy atom. The minimum atomic E-state index is -0.252. The van der Waals surface area contributed by atoms with Crippen LogP contribution in [0.5, 0.6) is 0 Å². The van der Waals surface area contributed by atoms with E-state index in [1.165, 1.54) is 132 Å². The van der Waals surface area contributed by atoms with Gasteiger partial charge in [-0.3, -0.25) is 0 Å². The van der Waals surface area contributed by atoms with Crippen LogP contribution in [0.1, 0.15) is 91.8 Å². The van der Waals surface area contributed by atoms with E-state index >= 15 is 0 Å². The molecule has 0 aliphatic heterocycles. The Hall–Kier alpha value is -8.00. The molecule has 0 amide bonds. The Bertz CT molecular complexity index is 3960. The van der Waals surface area contributed by atoms with Gasteiger partial charge in [-0.15, -0.1) is 0 Å². The quantitative estimate of drug-likeness (QED) is 0.154. The lowest BCUT2D eigenvalue weighted by Crippen LogP contribution is -2.55. The molecule has 4 fully saturated rings. The number of fused-ring (bicyclic) bond motifs is 9. The Morgan fingerprint density at radius 1 is 0.316 bits per heavy atom. The number of anilines is 3. The fourth-order valence-electron chi connectivity index (χ4n) is 17.1. The van der Waals surface area contributed by atoms with Crippen molar-refractivity contribution in [2.45, 2.75) is 69.1 Å². The predicted octanol–water partition coefficient (Wildman–Crippen LogP) is 19.5. The summed E-state index contributed by atoms with van der Waals surface area (Å²) in [6, 6.07) is 88.2. The van der Waals surface area contributed by atoms with Crippen molar-refractivity contribution in [3.8, 4) is 66.8 Å². The molecule has 4 saturated carbocycles. The summed E-state index contributed by atoms with van der Waals surface area (Å²) >= 11 is 0. The molecule has 76 heavy (non-hydrogen) atoms. The Balaban J connectivity index is 0.822. The van der Waals surface area contributed by atoms with E-state index in [1.54, 1.807) is 11.1 Å². The van der Waals surface area contributed by atoms with Gasteiger partial charge in [0.15, 0.2) is 0 Å². The molecular weight excluding hydrogens is 915 g/mol. The lowest BCUT2D eigenvalue weighted by molar-refractivity contribution is -0.0399. The number of nitrogens with zero attached hydrogens (tertiary/aromatic N) is 1. The zero-order valence-corrected chi connectivity index (χ0v) is 43.7. The highest BCUT2D eigenvalue weighted by Crippen LogP contribution is 2.70. The van der Waals surface area contributed by atoms with Crippen LogP contribution >= 0.6 is 0 Å². The average Bonchev–Trinajstić information content (AvgIpc) is 4.23. The molecule has 1 heteroatoms. The number of hydrogen-bond donors (Lipinski definition) is 0. The van der Waals surface area contributed by atoms with Crippen LogP contribution in [0.3, 0.4) is 0 Å². The lowest BCUT2D eigenvalue weighted by atomic mass is 9.43. The van der Waals surface area contributed by atoms with Crippen molar-refractivity contribution in [1.29, 1.82) is 0 Å². The molecule has 0 radical (unpaired) electrons. The molecule has 0 heterocycles. The minimum absolute atomic E-state index is 0.0769. The zero-order valence-electron chi connectivity index (χ0n) is 43.7. The average molecular weight is 976 g/mol. The standard InChI is InChI=1S/C75H61N/c1-73(2)67-25-12-9-22-62(67)66-24-15-23-65(72(66)73)59-19-8-7-18-58(59)50-30-35-56(36-31-50)76(57-37-39-64-61-21-11-14-27-69(61)75(71(64)46-57)53-41-47-40-48(43-53)44-54(75)42-47)55-33-28-49(29-34-55)51-32-38-63-60-20-10-13-26-68(60)74(3,70(63)45-51)52-16-5-4-6-17-52/h4-39,45-48,53-54H,40-44H2,1-3H3. The van der Waals surface area contributed by atoms with Crippen molar-refractivity contribution in [2.75, 3.05) is 4.90 Å². The molecule has 10 aromatic carbocycles. The molecular formula is C75H61N. The molecule has 7 aliphatic carbocycles. The third-order valence-electron chi connectivity index (χ3n) is 20.2. The number of rotatable bonds is 7. The van der Waals surface area contributed by atoms with E-state index in [0.29, 0.717) is 11.8 Å². The molecule has 366 valence electrons. The fraction of sp³-hybridized carbons (Fsp3) is 0.200. The Kier molecular flexibility index (Phi) is 9.48. The summed E-state index contributed by atoms with van der Waals surface area (Å²) in [5, 5.41) is 0. The molecule has 1 atom stereocenters. The third kappa shape index (κ3) is 6.09. The van der Waals surface area contributed by atoms with Crippen LogP contribution in [0.25, 0.3) is 66.8 Å². The van der Waals surface area contributed by atoms with Gasteiger partial charge in [0.25, 0.3) is 0 Å². The molecule has 7 aliphatic rings. The van der Waals surface area contributed by atoms with Crippen molar-refractivity contribution in [1.82, 2.24) is 0 Å². The first-order valence-electron chi connectivity index (χ1n) is 28.2. The van der Waals surface area contributed by atoms with Crippen molar-refractivity contribution in [3.63, 3.8) is 0 Å². The van der Waals surface area contributed by atoms with Crippen molar-refractivity contribution < 1.29 is 0 Å². The van der Waals surface area contributed by atoms with E-state index < -0.39 is 0 Å². The Labute approximate surface area is 448 Å². The summed E-state index contributed by atoms with van der Waals surface area (Å²) in [5.41, 5.74) is 29.2.